The lowest BCUT2D eigenvalue weighted by Gasteiger charge is -2.24. The SMILES string of the molecule is COc1ccc(OC)c(-c2c(CC(C)C)cc(CC(C)C)cc2CC(C)C)c1P. The summed E-state index contributed by atoms with van der Waals surface area (Å²) < 4.78 is 11.5. The molecule has 0 amide bonds. The van der Waals surface area contributed by atoms with Gasteiger partial charge in [0, 0.05) is 10.9 Å². The fourth-order valence-electron chi connectivity index (χ4n) is 4.14. The highest BCUT2D eigenvalue weighted by atomic mass is 31.0. The van der Waals surface area contributed by atoms with Crippen LogP contribution in [0.4, 0.5) is 0 Å². The topological polar surface area (TPSA) is 18.5 Å². The summed E-state index contributed by atoms with van der Waals surface area (Å²) in [6.07, 6.45) is 3.22. The molecule has 0 saturated heterocycles. The van der Waals surface area contributed by atoms with Gasteiger partial charge in [-0.3, -0.25) is 0 Å². The van der Waals surface area contributed by atoms with Crippen molar-refractivity contribution >= 4 is 14.5 Å². The lowest BCUT2D eigenvalue weighted by Crippen LogP contribution is -2.11. The van der Waals surface area contributed by atoms with Crippen LogP contribution in [0, 0.1) is 17.8 Å². The third kappa shape index (κ3) is 5.98. The minimum atomic E-state index is 0.583. The van der Waals surface area contributed by atoms with Crippen LogP contribution in [0.1, 0.15) is 58.2 Å². The van der Waals surface area contributed by atoms with E-state index in [1.807, 2.05) is 12.1 Å². The Kier molecular flexibility index (Phi) is 8.58. The number of ether oxygens (including phenoxy) is 2. The Morgan fingerprint density at radius 3 is 1.55 bits per heavy atom. The maximum absolute atomic E-state index is 5.83. The summed E-state index contributed by atoms with van der Waals surface area (Å²) >= 11 is 0. The van der Waals surface area contributed by atoms with E-state index in [4.69, 9.17) is 9.47 Å². The molecule has 1 unspecified atom stereocenters. The van der Waals surface area contributed by atoms with Crippen LogP contribution in [-0.2, 0) is 19.3 Å². The number of methoxy groups -OCH3 is 2. The van der Waals surface area contributed by atoms with E-state index in [-0.39, 0.29) is 0 Å². The smallest absolute Gasteiger partial charge is 0.127 e. The van der Waals surface area contributed by atoms with Crippen LogP contribution in [0.25, 0.3) is 11.1 Å². The van der Waals surface area contributed by atoms with Crippen molar-refractivity contribution in [1.82, 2.24) is 0 Å². The van der Waals surface area contributed by atoms with Crippen molar-refractivity contribution in [2.75, 3.05) is 14.2 Å². The maximum atomic E-state index is 5.83. The molecule has 0 aromatic heterocycles. The average Bonchev–Trinajstić information content (AvgIpc) is 2.60. The second-order valence-corrected chi connectivity index (χ2v) is 9.92. The van der Waals surface area contributed by atoms with E-state index < -0.39 is 0 Å². The molecule has 0 radical (unpaired) electrons. The lowest BCUT2D eigenvalue weighted by atomic mass is 9.83. The van der Waals surface area contributed by atoms with Gasteiger partial charge in [0.1, 0.15) is 11.5 Å². The largest absolute Gasteiger partial charge is 0.496 e. The van der Waals surface area contributed by atoms with Crippen LogP contribution in [-0.4, -0.2) is 14.2 Å². The van der Waals surface area contributed by atoms with Crippen molar-refractivity contribution in [2.45, 2.75) is 60.8 Å². The van der Waals surface area contributed by atoms with E-state index in [0.29, 0.717) is 17.8 Å². The maximum Gasteiger partial charge on any atom is 0.127 e. The summed E-state index contributed by atoms with van der Waals surface area (Å²) in [5.74, 6) is 3.59. The lowest BCUT2D eigenvalue weighted by molar-refractivity contribution is 0.407. The van der Waals surface area contributed by atoms with E-state index in [1.54, 1.807) is 14.2 Å². The summed E-state index contributed by atoms with van der Waals surface area (Å²) in [6, 6.07) is 8.88. The first-order chi connectivity index (χ1) is 13.7. The zero-order valence-corrected chi connectivity index (χ0v) is 20.7. The summed E-state index contributed by atoms with van der Waals surface area (Å²) in [5.41, 5.74) is 6.77. The van der Waals surface area contributed by atoms with Crippen LogP contribution in [0.15, 0.2) is 24.3 Å². The van der Waals surface area contributed by atoms with Gasteiger partial charge in [-0.05, 0) is 71.4 Å². The van der Waals surface area contributed by atoms with Crippen LogP contribution in [0.3, 0.4) is 0 Å². The molecule has 3 heteroatoms. The molecular weight excluding hydrogens is 375 g/mol. The molecule has 1 atom stereocenters. The van der Waals surface area contributed by atoms with Crippen molar-refractivity contribution in [1.29, 1.82) is 0 Å². The minimum absolute atomic E-state index is 0.583. The van der Waals surface area contributed by atoms with Crippen LogP contribution < -0.4 is 14.8 Å². The van der Waals surface area contributed by atoms with Gasteiger partial charge in [0.05, 0.1) is 14.2 Å². The first-order valence-corrected chi connectivity index (χ1v) is 11.4. The van der Waals surface area contributed by atoms with Crippen molar-refractivity contribution in [3.63, 3.8) is 0 Å². The highest BCUT2D eigenvalue weighted by Crippen LogP contribution is 2.40. The Morgan fingerprint density at radius 2 is 1.14 bits per heavy atom. The summed E-state index contributed by atoms with van der Waals surface area (Å²) in [5, 5.41) is 1.07. The predicted molar refractivity (Wildman–Crippen MR) is 130 cm³/mol. The molecule has 0 N–H and O–H groups in total. The van der Waals surface area contributed by atoms with Gasteiger partial charge in [-0.15, -0.1) is 9.24 Å². The van der Waals surface area contributed by atoms with Gasteiger partial charge in [0.25, 0.3) is 0 Å². The molecule has 0 aliphatic heterocycles. The fraction of sp³-hybridized carbons (Fsp3) is 0.538. The van der Waals surface area contributed by atoms with Crippen LogP contribution in [0.5, 0.6) is 11.5 Å². The van der Waals surface area contributed by atoms with Gasteiger partial charge < -0.3 is 9.47 Å². The molecule has 0 saturated carbocycles. The predicted octanol–water partition coefficient (Wildman–Crippen LogP) is 6.47. The highest BCUT2D eigenvalue weighted by molar-refractivity contribution is 7.28. The minimum Gasteiger partial charge on any atom is -0.496 e. The Hall–Kier alpha value is -1.53. The van der Waals surface area contributed by atoms with Gasteiger partial charge in [-0.1, -0.05) is 53.7 Å². The molecule has 2 aromatic carbocycles. The molecule has 0 heterocycles. The average molecular weight is 415 g/mol. The third-order valence-corrected chi connectivity index (χ3v) is 5.69. The quantitative estimate of drug-likeness (QED) is 0.438. The molecule has 2 aromatic rings. The Bertz CT molecular complexity index is 791. The van der Waals surface area contributed by atoms with Gasteiger partial charge >= 0.3 is 0 Å². The highest BCUT2D eigenvalue weighted by Gasteiger charge is 2.22. The molecule has 2 rings (SSSR count). The zero-order chi connectivity index (χ0) is 21.7. The number of benzene rings is 2. The number of hydrogen-bond acceptors (Lipinski definition) is 2. The summed E-state index contributed by atoms with van der Waals surface area (Å²) in [4.78, 5) is 0. The van der Waals surface area contributed by atoms with Gasteiger partial charge in [-0.2, -0.15) is 0 Å². The van der Waals surface area contributed by atoms with Crippen molar-refractivity contribution in [3.05, 3.63) is 41.0 Å². The van der Waals surface area contributed by atoms with Crippen molar-refractivity contribution in [3.8, 4) is 22.6 Å². The molecule has 0 bridgehead atoms. The normalized spacial score (nSPS) is 11.6. The summed E-state index contributed by atoms with van der Waals surface area (Å²) in [6.45, 7) is 13.8. The molecule has 160 valence electrons. The van der Waals surface area contributed by atoms with Gasteiger partial charge in [0.15, 0.2) is 0 Å². The molecule has 0 fully saturated rings. The number of rotatable bonds is 9. The van der Waals surface area contributed by atoms with Crippen molar-refractivity contribution < 1.29 is 9.47 Å². The molecule has 0 spiro atoms. The zero-order valence-electron chi connectivity index (χ0n) is 19.6. The van der Waals surface area contributed by atoms with E-state index in [0.717, 1.165) is 41.6 Å². The Morgan fingerprint density at radius 1 is 0.690 bits per heavy atom. The fourth-order valence-corrected chi connectivity index (χ4v) is 4.64. The Balaban J connectivity index is 2.87. The first kappa shape index (κ1) is 23.7. The monoisotopic (exact) mass is 414 g/mol. The number of hydrogen-bond donors (Lipinski definition) is 0. The van der Waals surface area contributed by atoms with E-state index in [2.05, 4.69) is 62.9 Å². The van der Waals surface area contributed by atoms with Gasteiger partial charge in [-0.25, -0.2) is 0 Å². The van der Waals surface area contributed by atoms with E-state index >= 15 is 0 Å². The van der Waals surface area contributed by atoms with Crippen LogP contribution >= 0.6 is 9.24 Å². The standard InChI is InChI=1S/C26H39O2P/c1-16(2)11-19-14-20(12-17(3)4)24(21(15-19)13-18(5)6)25-22(27-7)9-10-23(28-8)26(25)29/h9-10,14-18H,11-13,29H2,1-8H3. The van der Waals surface area contributed by atoms with Crippen molar-refractivity contribution in [2.24, 2.45) is 17.8 Å². The second kappa shape index (κ2) is 10.5. The Labute approximate surface area is 180 Å². The molecule has 29 heavy (non-hydrogen) atoms. The van der Waals surface area contributed by atoms with E-state index in [1.165, 1.54) is 22.3 Å². The molecule has 2 nitrogen and oxygen atoms in total. The summed E-state index contributed by atoms with van der Waals surface area (Å²) in [7, 11) is 6.38. The van der Waals surface area contributed by atoms with Crippen LogP contribution in [0.2, 0.25) is 0 Å². The molecule has 0 aliphatic rings. The van der Waals surface area contributed by atoms with Gasteiger partial charge in [0.2, 0.25) is 0 Å². The first-order valence-electron chi connectivity index (χ1n) is 10.8. The third-order valence-electron chi connectivity index (χ3n) is 5.12. The second-order valence-electron chi connectivity index (χ2n) is 9.34. The molecule has 0 aliphatic carbocycles. The molecular formula is C26H39O2P. The van der Waals surface area contributed by atoms with E-state index in [9.17, 15) is 0 Å².